The highest BCUT2D eigenvalue weighted by Crippen LogP contribution is 2.09. The fourth-order valence-corrected chi connectivity index (χ4v) is 1.22. The van der Waals surface area contributed by atoms with Crippen LogP contribution in [-0.2, 0) is 0 Å². The Morgan fingerprint density at radius 1 is 1.53 bits per heavy atom. The molecule has 1 heterocycles. The number of carbonyl (C=O) groups is 2. The first-order chi connectivity index (χ1) is 7.93. The van der Waals surface area contributed by atoms with Gasteiger partial charge in [0.25, 0.3) is 12.3 Å². The molecule has 0 aliphatic heterocycles. The first kappa shape index (κ1) is 13.0. The molecular formula is C10H10F2N2O3. The van der Waals surface area contributed by atoms with Crippen LogP contribution in [0.4, 0.5) is 8.78 Å². The molecule has 0 aromatic carbocycles. The summed E-state index contributed by atoms with van der Waals surface area (Å²) in [5.74, 6) is -2.17. The normalized spacial score (nSPS) is 10.4. The number of carbonyl (C=O) groups excluding carboxylic acids is 1. The Balaban J connectivity index is 3.00. The van der Waals surface area contributed by atoms with Gasteiger partial charge in [0, 0.05) is 13.2 Å². The molecule has 7 heteroatoms. The molecule has 1 N–H and O–H groups in total. The number of pyridine rings is 1. The lowest BCUT2D eigenvalue weighted by atomic mass is 10.2. The first-order valence-corrected chi connectivity index (χ1v) is 4.65. The number of alkyl halides is 2. The summed E-state index contributed by atoms with van der Waals surface area (Å²) >= 11 is 0. The zero-order valence-corrected chi connectivity index (χ0v) is 8.93. The molecule has 92 valence electrons. The number of hydrogen-bond donors (Lipinski definition) is 1. The predicted molar refractivity (Wildman–Crippen MR) is 54.2 cm³/mol. The zero-order chi connectivity index (χ0) is 13.0. The number of amides is 1. The molecule has 0 fully saturated rings. The molecule has 0 aliphatic carbocycles. The number of hydrogen-bond acceptors (Lipinski definition) is 3. The van der Waals surface area contributed by atoms with Crippen molar-refractivity contribution >= 4 is 11.9 Å². The Morgan fingerprint density at radius 3 is 2.71 bits per heavy atom. The third-order valence-corrected chi connectivity index (χ3v) is 2.00. The second kappa shape index (κ2) is 5.33. The fourth-order valence-electron chi connectivity index (χ4n) is 1.22. The van der Waals surface area contributed by atoms with E-state index in [0.29, 0.717) is 0 Å². The lowest BCUT2D eigenvalue weighted by Gasteiger charge is -2.16. The van der Waals surface area contributed by atoms with Crippen molar-refractivity contribution in [1.82, 2.24) is 9.88 Å². The standard InChI is InChI=1S/C10H10F2N2O3/c1-14(5-7(11)12)9(15)8-6(10(16)17)3-2-4-13-8/h2-4,7H,5H2,1H3,(H,16,17). The quantitative estimate of drug-likeness (QED) is 0.861. The van der Waals surface area contributed by atoms with E-state index in [1.165, 1.54) is 18.3 Å². The number of halogens is 2. The molecule has 0 bridgehead atoms. The molecule has 1 aromatic heterocycles. The summed E-state index contributed by atoms with van der Waals surface area (Å²) in [7, 11) is 1.16. The molecule has 0 saturated carbocycles. The minimum atomic E-state index is -2.68. The number of nitrogens with zero attached hydrogens (tertiary/aromatic N) is 2. The number of carboxylic acid groups (broad SMARTS) is 1. The van der Waals surface area contributed by atoms with Gasteiger partial charge in [0.1, 0.15) is 5.69 Å². The largest absolute Gasteiger partial charge is 0.478 e. The van der Waals surface area contributed by atoms with E-state index in [2.05, 4.69) is 4.98 Å². The first-order valence-electron chi connectivity index (χ1n) is 4.65. The van der Waals surface area contributed by atoms with Crippen molar-refractivity contribution < 1.29 is 23.5 Å². The predicted octanol–water partition coefficient (Wildman–Crippen LogP) is 1.12. The van der Waals surface area contributed by atoms with E-state index >= 15 is 0 Å². The topological polar surface area (TPSA) is 70.5 Å². The molecule has 0 saturated heterocycles. The van der Waals surface area contributed by atoms with Gasteiger partial charge >= 0.3 is 5.97 Å². The van der Waals surface area contributed by atoms with Gasteiger partial charge in [-0.05, 0) is 12.1 Å². The van der Waals surface area contributed by atoms with Crippen molar-refractivity contribution in [3.05, 3.63) is 29.6 Å². The van der Waals surface area contributed by atoms with Gasteiger partial charge in [0.2, 0.25) is 0 Å². The molecular weight excluding hydrogens is 234 g/mol. The second-order valence-electron chi connectivity index (χ2n) is 3.28. The molecule has 1 rings (SSSR count). The smallest absolute Gasteiger partial charge is 0.338 e. The molecule has 0 unspecified atom stereocenters. The van der Waals surface area contributed by atoms with Crippen molar-refractivity contribution in [1.29, 1.82) is 0 Å². The number of rotatable bonds is 4. The van der Waals surface area contributed by atoms with Gasteiger partial charge in [-0.3, -0.25) is 9.78 Å². The maximum Gasteiger partial charge on any atom is 0.338 e. The summed E-state index contributed by atoms with van der Waals surface area (Å²) in [6.45, 7) is -0.769. The summed E-state index contributed by atoms with van der Waals surface area (Å²) < 4.78 is 24.2. The minimum absolute atomic E-state index is 0.307. The highest BCUT2D eigenvalue weighted by Gasteiger charge is 2.22. The van der Waals surface area contributed by atoms with Crippen molar-refractivity contribution in [3.63, 3.8) is 0 Å². The van der Waals surface area contributed by atoms with E-state index in [0.717, 1.165) is 11.9 Å². The van der Waals surface area contributed by atoms with E-state index < -0.39 is 24.8 Å². The summed E-state index contributed by atoms with van der Waals surface area (Å²) in [6, 6.07) is 2.55. The Hall–Kier alpha value is -2.05. The molecule has 0 atom stereocenters. The van der Waals surface area contributed by atoms with Crippen LogP contribution in [0.25, 0.3) is 0 Å². The van der Waals surface area contributed by atoms with Crippen LogP contribution in [0, 0.1) is 0 Å². The third-order valence-electron chi connectivity index (χ3n) is 2.00. The fraction of sp³-hybridized carbons (Fsp3) is 0.300. The molecule has 17 heavy (non-hydrogen) atoms. The Morgan fingerprint density at radius 2 is 2.18 bits per heavy atom. The van der Waals surface area contributed by atoms with Crippen LogP contribution in [0.5, 0.6) is 0 Å². The summed E-state index contributed by atoms with van der Waals surface area (Å²) in [4.78, 5) is 26.8. The van der Waals surface area contributed by atoms with E-state index in [9.17, 15) is 18.4 Å². The SMILES string of the molecule is CN(CC(F)F)C(=O)c1ncccc1C(=O)O. The summed E-state index contributed by atoms with van der Waals surface area (Å²) in [6.07, 6.45) is -1.45. The van der Waals surface area contributed by atoms with Gasteiger partial charge in [-0.25, -0.2) is 13.6 Å². The van der Waals surface area contributed by atoms with Gasteiger partial charge < -0.3 is 10.0 Å². The third kappa shape index (κ3) is 3.20. The number of carboxylic acids is 1. The highest BCUT2D eigenvalue weighted by atomic mass is 19.3. The van der Waals surface area contributed by atoms with Gasteiger partial charge in [-0.1, -0.05) is 0 Å². The van der Waals surface area contributed by atoms with Gasteiger partial charge in [-0.2, -0.15) is 0 Å². The van der Waals surface area contributed by atoms with E-state index in [4.69, 9.17) is 5.11 Å². The van der Waals surface area contributed by atoms with Crippen LogP contribution >= 0.6 is 0 Å². The van der Waals surface area contributed by atoms with Gasteiger partial charge in [0.15, 0.2) is 0 Å². The van der Waals surface area contributed by atoms with Crippen LogP contribution in [0.3, 0.4) is 0 Å². The van der Waals surface area contributed by atoms with Crippen LogP contribution < -0.4 is 0 Å². The maximum absolute atomic E-state index is 12.1. The van der Waals surface area contributed by atoms with Crippen LogP contribution in [0.2, 0.25) is 0 Å². The Kier molecular flexibility index (Phi) is 4.08. The Labute approximate surface area is 95.7 Å². The van der Waals surface area contributed by atoms with Crippen molar-refractivity contribution in [2.75, 3.05) is 13.6 Å². The second-order valence-corrected chi connectivity index (χ2v) is 3.28. The summed E-state index contributed by atoms with van der Waals surface area (Å²) in [5, 5.41) is 8.82. The number of aromatic nitrogens is 1. The van der Waals surface area contributed by atoms with E-state index in [-0.39, 0.29) is 11.3 Å². The van der Waals surface area contributed by atoms with Gasteiger partial charge in [-0.15, -0.1) is 0 Å². The number of aromatic carboxylic acids is 1. The van der Waals surface area contributed by atoms with Crippen LogP contribution in [0.1, 0.15) is 20.8 Å². The lowest BCUT2D eigenvalue weighted by Crippen LogP contribution is -2.33. The zero-order valence-electron chi connectivity index (χ0n) is 8.93. The minimum Gasteiger partial charge on any atom is -0.478 e. The van der Waals surface area contributed by atoms with Gasteiger partial charge in [0.05, 0.1) is 12.1 Å². The van der Waals surface area contributed by atoms with Crippen molar-refractivity contribution in [2.45, 2.75) is 6.43 Å². The van der Waals surface area contributed by atoms with E-state index in [1.807, 2.05) is 0 Å². The summed E-state index contributed by atoms with van der Waals surface area (Å²) in [5.41, 5.74) is -0.651. The highest BCUT2D eigenvalue weighted by molar-refractivity contribution is 6.03. The molecule has 5 nitrogen and oxygen atoms in total. The molecule has 0 radical (unpaired) electrons. The van der Waals surface area contributed by atoms with Crippen LogP contribution in [0.15, 0.2) is 18.3 Å². The molecule has 0 aliphatic rings. The van der Waals surface area contributed by atoms with Crippen molar-refractivity contribution in [2.24, 2.45) is 0 Å². The van der Waals surface area contributed by atoms with E-state index in [1.54, 1.807) is 0 Å². The molecule has 1 aromatic rings. The molecule has 0 spiro atoms. The lowest BCUT2D eigenvalue weighted by molar-refractivity contribution is 0.0601. The average molecular weight is 244 g/mol. The van der Waals surface area contributed by atoms with Crippen molar-refractivity contribution in [3.8, 4) is 0 Å². The average Bonchev–Trinajstić information content (AvgIpc) is 2.27. The van der Waals surface area contributed by atoms with Crippen LogP contribution in [-0.4, -0.2) is 46.9 Å². The molecule has 1 amide bonds. The monoisotopic (exact) mass is 244 g/mol. The maximum atomic E-state index is 12.1. The Bertz CT molecular complexity index is 437.